The van der Waals surface area contributed by atoms with E-state index in [9.17, 15) is 23.3 Å². The van der Waals surface area contributed by atoms with Crippen LogP contribution in [-0.2, 0) is 12.7 Å². The van der Waals surface area contributed by atoms with Gasteiger partial charge in [-0.1, -0.05) is 0 Å². The normalized spacial score (nSPS) is 11.0. The molecule has 0 amide bonds. The molecule has 1 aromatic carbocycles. The van der Waals surface area contributed by atoms with Crippen molar-refractivity contribution in [3.05, 3.63) is 38.9 Å². The zero-order valence-electron chi connectivity index (χ0n) is 8.28. The van der Waals surface area contributed by atoms with Gasteiger partial charge in [-0.3, -0.25) is 10.1 Å². The second-order valence-electron chi connectivity index (χ2n) is 3.09. The zero-order valence-corrected chi connectivity index (χ0v) is 8.28. The SMILES string of the molecule is N#Cc1cc(C(F)(F)F)cc([N+](=O)[O-])c1CN. The molecule has 0 unspecified atom stereocenters. The third-order valence-corrected chi connectivity index (χ3v) is 2.07. The summed E-state index contributed by atoms with van der Waals surface area (Å²) in [6.07, 6.45) is -4.75. The molecule has 0 atom stereocenters. The molecule has 8 heteroatoms. The number of nitriles is 1. The van der Waals surface area contributed by atoms with Crippen molar-refractivity contribution < 1.29 is 18.1 Å². The third-order valence-electron chi connectivity index (χ3n) is 2.07. The van der Waals surface area contributed by atoms with Crippen LogP contribution in [0.4, 0.5) is 18.9 Å². The van der Waals surface area contributed by atoms with Gasteiger partial charge in [-0.25, -0.2) is 0 Å². The Labute approximate surface area is 93.4 Å². The molecule has 90 valence electrons. The van der Waals surface area contributed by atoms with Crippen molar-refractivity contribution in [2.45, 2.75) is 12.7 Å². The van der Waals surface area contributed by atoms with Crippen molar-refractivity contribution in [3.63, 3.8) is 0 Å². The lowest BCUT2D eigenvalue weighted by Crippen LogP contribution is -2.10. The second kappa shape index (κ2) is 4.39. The lowest BCUT2D eigenvalue weighted by atomic mass is 10.0. The van der Waals surface area contributed by atoms with Crippen molar-refractivity contribution in [2.75, 3.05) is 0 Å². The summed E-state index contributed by atoms with van der Waals surface area (Å²) in [6.45, 7) is -0.378. The van der Waals surface area contributed by atoms with Crippen molar-refractivity contribution >= 4 is 5.69 Å². The van der Waals surface area contributed by atoms with E-state index in [-0.39, 0.29) is 12.1 Å². The number of rotatable bonds is 2. The second-order valence-corrected chi connectivity index (χ2v) is 3.09. The van der Waals surface area contributed by atoms with Gasteiger partial charge in [-0.15, -0.1) is 0 Å². The predicted octanol–water partition coefficient (Wildman–Crippen LogP) is 1.94. The average molecular weight is 245 g/mol. The Hall–Kier alpha value is -2.14. The first-order valence-corrected chi connectivity index (χ1v) is 4.30. The molecule has 0 spiro atoms. The lowest BCUT2D eigenvalue weighted by Gasteiger charge is -2.09. The van der Waals surface area contributed by atoms with Crippen molar-refractivity contribution in [1.29, 1.82) is 5.26 Å². The van der Waals surface area contributed by atoms with Gasteiger partial charge < -0.3 is 5.73 Å². The molecule has 0 aromatic heterocycles. The van der Waals surface area contributed by atoms with E-state index in [1.165, 1.54) is 6.07 Å². The minimum absolute atomic E-state index is 0.203. The Morgan fingerprint density at radius 3 is 2.41 bits per heavy atom. The molecule has 2 N–H and O–H groups in total. The molecule has 0 fully saturated rings. The number of nitro groups is 1. The fraction of sp³-hybridized carbons (Fsp3) is 0.222. The van der Waals surface area contributed by atoms with Gasteiger partial charge in [0.15, 0.2) is 0 Å². The summed E-state index contributed by atoms with van der Waals surface area (Å²) in [5, 5.41) is 19.3. The van der Waals surface area contributed by atoms with E-state index < -0.39 is 27.9 Å². The molecule has 0 heterocycles. The van der Waals surface area contributed by atoms with E-state index in [2.05, 4.69) is 0 Å². The lowest BCUT2D eigenvalue weighted by molar-refractivity contribution is -0.385. The number of benzene rings is 1. The van der Waals surface area contributed by atoms with Crippen LogP contribution in [0, 0.1) is 21.4 Å². The maximum atomic E-state index is 12.4. The number of halogens is 3. The van der Waals surface area contributed by atoms with E-state index in [0.29, 0.717) is 12.1 Å². The Morgan fingerprint density at radius 2 is 2.06 bits per heavy atom. The van der Waals surface area contributed by atoms with Crippen LogP contribution in [0.15, 0.2) is 12.1 Å². The largest absolute Gasteiger partial charge is 0.416 e. The summed E-state index contributed by atoms with van der Waals surface area (Å²) in [7, 11) is 0. The van der Waals surface area contributed by atoms with E-state index >= 15 is 0 Å². The first-order valence-electron chi connectivity index (χ1n) is 4.30. The zero-order chi connectivity index (χ0) is 13.2. The van der Waals surface area contributed by atoms with Crippen LogP contribution >= 0.6 is 0 Å². The first kappa shape index (κ1) is 12.9. The maximum Gasteiger partial charge on any atom is 0.416 e. The van der Waals surface area contributed by atoms with Gasteiger partial charge in [0.2, 0.25) is 0 Å². The number of hydrogen-bond acceptors (Lipinski definition) is 4. The summed E-state index contributed by atoms with van der Waals surface area (Å²) in [5.74, 6) is 0. The van der Waals surface area contributed by atoms with Gasteiger partial charge in [-0.05, 0) is 6.07 Å². The maximum absolute atomic E-state index is 12.4. The smallest absolute Gasteiger partial charge is 0.326 e. The summed E-state index contributed by atoms with van der Waals surface area (Å²) in [4.78, 5) is 9.61. The van der Waals surface area contributed by atoms with Crippen molar-refractivity contribution in [3.8, 4) is 6.07 Å². The number of nitrogens with two attached hydrogens (primary N) is 1. The van der Waals surface area contributed by atoms with E-state index in [1.54, 1.807) is 0 Å². The van der Waals surface area contributed by atoms with E-state index in [1.807, 2.05) is 0 Å². The third kappa shape index (κ3) is 2.51. The summed E-state index contributed by atoms with van der Waals surface area (Å²) in [5.41, 5.74) is 2.52. The molecule has 0 saturated heterocycles. The van der Waals surface area contributed by atoms with Crippen LogP contribution < -0.4 is 5.73 Å². The number of alkyl halides is 3. The highest BCUT2D eigenvalue weighted by molar-refractivity contribution is 5.54. The molecule has 0 radical (unpaired) electrons. The molecule has 1 aromatic rings. The summed E-state index contributed by atoms with van der Waals surface area (Å²) < 4.78 is 37.3. The van der Waals surface area contributed by atoms with E-state index in [4.69, 9.17) is 11.0 Å². The van der Waals surface area contributed by atoms with Crippen LogP contribution in [0.3, 0.4) is 0 Å². The number of nitrogens with zero attached hydrogens (tertiary/aromatic N) is 2. The molecule has 1 rings (SSSR count). The molecular formula is C9H6F3N3O2. The predicted molar refractivity (Wildman–Crippen MR) is 50.7 cm³/mol. The highest BCUT2D eigenvalue weighted by atomic mass is 19.4. The monoisotopic (exact) mass is 245 g/mol. The van der Waals surface area contributed by atoms with Crippen LogP contribution in [0.25, 0.3) is 0 Å². The van der Waals surface area contributed by atoms with Crippen molar-refractivity contribution in [2.24, 2.45) is 5.73 Å². The first-order chi connectivity index (χ1) is 7.81. The topological polar surface area (TPSA) is 92.9 Å². The minimum atomic E-state index is -4.75. The Kier molecular flexibility index (Phi) is 3.34. The Balaban J connectivity index is 3.59. The molecule has 0 aliphatic carbocycles. The van der Waals surface area contributed by atoms with Crippen LogP contribution in [-0.4, -0.2) is 4.92 Å². The van der Waals surface area contributed by atoms with Gasteiger partial charge >= 0.3 is 6.18 Å². The Bertz CT molecular complexity index is 505. The molecule has 5 nitrogen and oxygen atoms in total. The van der Waals surface area contributed by atoms with Gasteiger partial charge in [0.25, 0.3) is 5.69 Å². The Morgan fingerprint density at radius 1 is 1.47 bits per heavy atom. The quantitative estimate of drug-likeness (QED) is 0.636. The molecule has 0 saturated carbocycles. The highest BCUT2D eigenvalue weighted by Crippen LogP contribution is 2.34. The molecule has 17 heavy (non-hydrogen) atoms. The molecule has 0 aliphatic rings. The number of nitro benzene ring substituents is 1. The number of hydrogen-bond donors (Lipinski definition) is 1. The van der Waals surface area contributed by atoms with Crippen LogP contribution in [0.2, 0.25) is 0 Å². The van der Waals surface area contributed by atoms with E-state index in [0.717, 1.165) is 0 Å². The van der Waals surface area contributed by atoms with Crippen molar-refractivity contribution in [1.82, 2.24) is 0 Å². The summed E-state index contributed by atoms with van der Waals surface area (Å²) in [6, 6.07) is 2.40. The van der Waals surface area contributed by atoms with Crippen LogP contribution in [0.5, 0.6) is 0 Å². The van der Waals surface area contributed by atoms with Gasteiger partial charge in [0, 0.05) is 12.6 Å². The average Bonchev–Trinajstić information content (AvgIpc) is 2.25. The molecule has 0 aliphatic heterocycles. The highest BCUT2D eigenvalue weighted by Gasteiger charge is 2.34. The molecule has 0 bridgehead atoms. The molecular weight excluding hydrogens is 239 g/mol. The fourth-order valence-electron chi connectivity index (χ4n) is 1.30. The van der Waals surface area contributed by atoms with Gasteiger partial charge in [-0.2, -0.15) is 18.4 Å². The van der Waals surface area contributed by atoms with Gasteiger partial charge in [0.1, 0.15) is 0 Å². The minimum Gasteiger partial charge on any atom is -0.326 e. The fourth-order valence-corrected chi connectivity index (χ4v) is 1.30. The standard InChI is InChI=1S/C9H6F3N3O2/c10-9(11,12)6-1-5(3-13)7(4-14)8(2-6)15(16)17/h1-2H,4,14H2. The summed E-state index contributed by atoms with van der Waals surface area (Å²) >= 11 is 0. The van der Waals surface area contributed by atoms with Crippen LogP contribution in [0.1, 0.15) is 16.7 Å². The van der Waals surface area contributed by atoms with Gasteiger partial charge in [0.05, 0.1) is 27.7 Å².